The van der Waals surface area contributed by atoms with Crippen molar-refractivity contribution in [2.24, 2.45) is 0 Å². The second-order valence-corrected chi connectivity index (χ2v) is 6.75. The van der Waals surface area contributed by atoms with Gasteiger partial charge in [0.2, 0.25) is 5.88 Å². The highest BCUT2D eigenvalue weighted by atomic mass is 16.5. The first kappa shape index (κ1) is 15.8. The lowest BCUT2D eigenvalue weighted by Gasteiger charge is -2.29. The number of ether oxygens (including phenoxy) is 1. The van der Waals surface area contributed by atoms with Crippen LogP contribution >= 0.6 is 0 Å². The molecule has 0 unspecified atom stereocenters. The van der Waals surface area contributed by atoms with Gasteiger partial charge in [-0.2, -0.15) is 0 Å². The van der Waals surface area contributed by atoms with E-state index in [2.05, 4.69) is 16.9 Å². The number of likely N-dealkylation sites (tertiary alicyclic amines) is 1. The zero-order valence-corrected chi connectivity index (χ0v) is 13.2. The van der Waals surface area contributed by atoms with Gasteiger partial charge in [0.15, 0.2) is 0 Å². The summed E-state index contributed by atoms with van der Waals surface area (Å²) in [5.74, 6) is -0.523. The van der Waals surface area contributed by atoms with E-state index < -0.39 is 5.97 Å². The molecule has 0 radical (unpaired) electrons. The van der Waals surface area contributed by atoms with Crippen LogP contribution in [0.1, 0.15) is 49.7 Å². The monoisotopic (exact) mass is 292 g/mol. The van der Waals surface area contributed by atoms with Crippen molar-refractivity contribution in [2.45, 2.75) is 45.1 Å². The molecule has 116 valence electrons. The van der Waals surface area contributed by atoms with Gasteiger partial charge in [0.05, 0.1) is 11.3 Å². The van der Waals surface area contributed by atoms with Crippen LogP contribution in [-0.2, 0) is 5.41 Å². The molecule has 2 heterocycles. The SMILES string of the molecule is CN1CCC(Oc2cc(C(=O)O)cc(C(C)(C)C)n2)CC1. The third-order valence-corrected chi connectivity index (χ3v) is 3.77. The smallest absolute Gasteiger partial charge is 0.335 e. The summed E-state index contributed by atoms with van der Waals surface area (Å²) in [6.07, 6.45) is 2.01. The van der Waals surface area contributed by atoms with Gasteiger partial charge in [0.1, 0.15) is 6.10 Å². The van der Waals surface area contributed by atoms with E-state index in [0.717, 1.165) is 31.6 Å². The first-order chi connectivity index (χ1) is 9.75. The number of pyridine rings is 1. The van der Waals surface area contributed by atoms with E-state index in [-0.39, 0.29) is 17.1 Å². The molecule has 1 N–H and O–H groups in total. The number of aromatic nitrogens is 1. The van der Waals surface area contributed by atoms with Gasteiger partial charge in [0, 0.05) is 24.6 Å². The maximum atomic E-state index is 11.3. The van der Waals surface area contributed by atoms with Crippen molar-refractivity contribution in [3.8, 4) is 5.88 Å². The molecule has 1 aromatic rings. The molecule has 5 nitrogen and oxygen atoms in total. The van der Waals surface area contributed by atoms with E-state index >= 15 is 0 Å². The largest absolute Gasteiger partial charge is 0.478 e. The summed E-state index contributed by atoms with van der Waals surface area (Å²) in [5, 5.41) is 9.25. The van der Waals surface area contributed by atoms with Crippen LogP contribution in [0.5, 0.6) is 5.88 Å². The molecular weight excluding hydrogens is 268 g/mol. The van der Waals surface area contributed by atoms with Crippen molar-refractivity contribution in [2.75, 3.05) is 20.1 Å². The molecule has 1 aliphatic heterocycles. The molecule has 0 atom stereocenters. The predicted octanol–water partition coefficient (Wildman–Crippen LogP) is 2.55. The first-order valence-electron chi connectivity index (χ1n) is 7.37. The second-order valence-electron chi connectivity index (χ2n) is 6.75. The van der Waals surface area contributed by atoms with Crippen molar-refractivity contribution >= 4 is 5.97 Å². The summed E-state index contributed by atoms with van der Waals surface area (Å²) in [5.41, 5.74) is 0.763. The number of carbonyl (C=O) groups is 1. The van der Waals surface area contributed by atoms with Gasteiger partial charge in [-0.15, -0.1) is 0 Å². The molecule has 1 saturated heterocycles. The Kier molecular flexibility index (Phi) is 4.52. The van der Waals surface area contributed by atoms with Crippen LogP contribution in [0, 0.1) is 0 Å². The third kappa shape index (κ3) is 4.17. The van der Waals surface area contributed by atoms with Gasteiger partial charge < -0.3 is 14.7 Å². The van der Waals surface area contributed by atoms with Crippen molar-refractivity contribution in [1.82, 2.24) is 9.88 Å². The number of carboxylic acids is 1. The molecule has 2 rings (SSSR count). The molecule has 0 spiro atoms. The Hall–Kier alpha value is -1.62. The summed E-state index contributed by atoms with van der Waals surface area (Å²) < 4.78 is 5.93. The van der Waals surface area contributed by atoms with Gasteiger partial charge in [-0.05, 0) is 26.0 Å². The normalized spacial score (nSPS) is 17.7. The summed E-state index contributed by atoms with van der Waals surface area (Å²) in [4.78, 5) is 18.0. The standard InChI is InChI=1S/C16H24N2O3/c1-16(2,3)13-9-11(15(19)20)10-14(17-13)21-12-5-7-18(4)8-6-12/h9-10,12H,5-8H2,1-4H3,(H,19,20). The highest BCUT2D eigenvalue weighted by Gasteiger charge is 2.22. The second kappa shape index (κ2) is 6.02. The summed E-state index contributed by atoms with van der Waals surface area (Å²) in [6, 6.07) is 3.15. The highest BCUT2D eigenvalue weighted by Crippen LogP contribution is 2.26. The highest BCUT2D eigenvalue weighted by molar-refractivity contribution is 5.88. The Morgan fingerprint density at radius 1 is 1.33 bits per heavy atom. The van der Waals surface area contributed by atoms with E-state index in [0.29, 0.717) is 5.88 Å². The molecule has 0 bridgehead atoms. The molecular formula is C16H24N2O3. The fourth-order valence-electron chi connectivity index (χ4n) is 2.35. The Bertz CT molecular complexity index is 515. The Morgan fingerprint density at radius 3 is 2.48 bits per heavy atom. The molecule has 0 aromatic carbocycles. The average Bonchev–Trinajstić information content (AvgIpc) is 2.40. The zero-order valence-electron chi connectivity index (χ0n) is 13.2. The molecule has 0 amide bonds. The van der Waals surface area contributed by atoms with Crippen LogP contribution in [0.4, 0.5) is 0 Å². The number of nitrogens with zero attached hydrogens (tertiary/aromatic N) is 2. The van der Waals surface area contributed by atoms with Gasteiger partial charge >= 0.3 is 5.97 Å². The molecule has 1 fully saturated rings. The van der Waals surface area contributed by atoms with Crippen LogP contribution < -0.4 is 4.74 Å². The van der Waals surface area contributed by atoms with E-state index in [4.69, 9.17) is 4.74 Å². The number of rotatable bonds is 3. The van der Waals surface area contributed by atoms with Crippen molar-refractivity contribution in [3.63, 3.8) is 0 Å². The van der Waals surface area contributed by atoms with Crippen LogP contribution in [0.15, 0.2) is 12.1 Å². The molecule has 0 aliphatic carbocycles. The maximum absolute atomic E-state index is 11.3. The fourth-order valence-corrected chi connectivity index (χ4v) is 2.35. The molecule has 1 aliphatic rings. The molecule has 1 aromatic heterocycles. The Morgan fingerprint density at radius 2 is 1.95 bits per heavy atom. The average molecular weight is 292 g/mol. The number of aromatic carboxylic acids is 1. The number of carboxylic acid groups (broad SMARTS) is 1. The van der Waals surface area contributed by atoms with Gasteiger partial charge in [-0.1, -0.05) is 20.8 Å². The van der Waals surface area contributed by atoms with Crippen LogP contribution in [-0.4, -0.2) is 47.2 Å². The molecule has 0 saturated carbocycles. The first-order valence-corrected chi connectivity index (χ1v) is 7.37. The van der Waals surface area contributed by atoms with Crippen molar-refractivity contribution in [3.05, 3.63) is 23.4 Å². The number of hydrogen-bond acceptors (Lipinski definition) is 4. The number of hydrogen-bond donors (Lipinski definition) is 1. The van der Waals surface area contributed by atoms with Gasteiger partial charge in [0.25, 0.3) is 0 Å². The summed E-state index contributed by atoms with van der Waals surface area (Å²) >= 11 is 0. The minimum absolute atomic E-state index is 0.116. The Labute approximate surface area is 125 Å². The number of piperidine rings is 1. The molecule has 5 heteroatoms. The lowest BCUT2D eigenvalue weighted by atomic mass is 9.91. The van der Waals surface area contributed by atoms with Crippen molar-refractivity contribution in [1.29, 1.82) is 0 Å². The van der Waals surface area contributed by atoms with Gasteiger partial charge in [-0.3, -0.25) is 0 Å². The van der Waals surface area contributed by atoms with Crippen LogP contribution in [0.3, 0.4) is 0 Å². The van der Waals surface area contributed by atoms with Crippen LogP contribution in [0.2, 0.25) is 0 Å². The Balaban J connectivity index is 2.22. The van der Waals surface area contributed by atoms with E-state index in [9.17, 15) is 9.90 Å². The minimum Gasteiger partial charge on any atom is -0.478 e. The fraction of sp³-hybridized carbons (Fsp3) is 0.625. The van der Waals surface area contributed by atoms with Crippen molar-refractivity contribution < 1.29 is 14.6 Å². The van der Waals surface area contributed by atoms with E-state index in [1.54, 1.807) is 6.07 Å². The summed E-state index contributed by atoms with van der Waals surface area (Å²) in [6.45, 7) is 8.03. The summed E-state index contributed by atoms with van der Waals surface area (Å²) in [7, 11) is 2.09. The molecule has 21 heavy (non-hydrogen) atoms. The van der Waals surface area contributed by atoms with Crippen LogP contribution in [0.25, 0.3) is 0 Å². The predicted molar refractivity (Wildman–Crippen MR) is 81.0 cm³/mol. The van der Waals surface area contributed by atoms with E-state index in [1.165, 1.54) is 6.07 Å². The van der Waals surface area contributed by atoms with Gasteiger partial charge in [-0.25, -0.2) is 9.78 Å². The third-order valence-electron chi connectivity index (χ3n) is 3.77. The quantitative estimate of drug-likeness (QED) is 0.927. The lowest BCUT2D eigenvalue weighted by molar-refractivity contribution is 0.0694. The maximum Gasteiger partial charge on any atom is 0.335 e. The topological polar surface area (TPSA) is 62.7 Å². The minimum atomic E-state index is -0.948. The lowest BCUT2D eigenvalue weighted by Crippen LogP contribution is -2.35. The zero-order chi connectivity index (χ0) is 15.6. The van der Waals surface area contributed by atoms with E-state index in [1.807, 2.05) is 20.8 Å².